The number of nitrogens with one attached hydrogen (secondary N) is 1. The molecule has 18 heavy (non-hydrogen) atoms. The maximum absolute atomic E-state index is 5.55. The van der Waals surface area contributed by atoms with Crippen molar-refractivity contribution < 1.29 is 9.47 Å². The molecule has 0 radical (unpaired) electrons. The summed E-state index contributed by atoms with van der Waals surface area (Å²) in [6.45, 7) is 8.58. The number of hydrogen-bond acceptors (Lipinski definition) is 3. The Labute approximate surface area is 113 Å². The number of hydrogen-bond donors (Lipinski definition) is 1. The molecule has 0 atom stereocenters. The van der Waals surface area contributed by atoms with E-state index in [1.807, 2.05) is 13.8 Å². The monoisotopic (exact) mass is 257 g/mol. The molecule has 0 bridgehead atoms. The van der Waals surface area contributed by atoms with Crippen molar-refractivity contribution in [3.05, 3.63) is 0 Å². The average molecular weight is 257 g/mol. The van der Waals surface area contributed by atoms with Gasteiger partial charge >= 0.3 is 0 Å². The van der Waals surface area contributed by atoms with Gasteiger partial charge in [-0.05, 0) is 45.4 Å². The smallest absolute Gasteiger partial charge is 0.169 e. The minimum Gasteiger partial charge on any atom is -0.352 e. The molecule has 1 aliphatic rings. The van der Waals surface area contributed by atoms with Crippen molar-refractivity contribution in [1.82, 2.24) is 5.32 Å². The summed E-state index contributed by atoms with van der Waals surface area (Å²) in [5.41, 5.74) is 0. The molecule has 0 unspecified atom stereocenters. The van der Waals surface area contributed by atoms with E-state index in [1.165, 1.54) is 38.5 Å². The van der Waals surface area contributed by atoms with E-state index in [4.69, 9.17) is 9.47 Å². The molecule has 0 aromatic carbocycles. The lowest BCUT2D eigenvalue weighted by Crippen LogP contribution is -2.40. The van der Waals surface area contributed by atoms with Crippen molar-refractivity contribution in [1.29, 1.82) is 0 Å². The van der Waals surface area contributed by atoms with Crippen molar-refractivity contribution >= 4 is 0 Å². The fraction of sp³-hybridized carbons (Fsp3) is 1.00. The lowest BCUT2D eigenvalue weighted by atomic mass is 9.83. The van der Waals surface area contributed by atoms with Gasteiger partial charge in [-0.15, -0.1) is 0 Å². The Balaban J connectivity index is 2.15. The van der Waals surface area contributed by atoms with E-state index in [2.05, 4.69) is 12.2 Å². The molecule has 1 N–H and O–H groups in total. The molecule has 0 heterocycles. The Morgan fingerprint density at radius 3 is 2.11 bits per heavy atom. The Bertz CT molecular complexity index is 185. The topological polar surface area (TPSA) is 30.5 Å². The zero-order valence-electron chi connectivity index (χ0n) is 12.4. The second-order valence-electron chi connectivity index (χ2n) is 5.25. The highest BCUT2D eigenvalue weighted by atomic mass is 16.7. The van der Waals surface area contributed by atoms with Crippen LogP contribution in [0.3, 0.4) is 0 Å². The predicted octanol–water partition coefficient (Wildman–Crippen LogP) is 3.33. The van der Waals surface area contributed by atoms with Gasteiger partial charge in [0.05, 0.1) is 0 Å². The van der Waals surface area contributed by atoms with Gasteiger partial charge in [0, 0.05) is 25.8 Å². The summed E-state index contributed by atoms with van der Waals surface area (Å²) in [5.74, 6) is 0.975. The second-order valence-corrected chi connectivity index (χ2v) is 5.25. The Morgan fingerprint density at radius 2 is 1.61 bits per heavy atom. The zero-order chi connectivity index (χ0) is 13.2. The molecule has 0 spiro atoms. The number of rotatable bonds is 9. The lowest BCUT2D eigenvalue weighted by molar-refractivity contribution is -0.134. The van der Waals surface area contributed by atoms with Crippen molar-refractivity contribution in [3.63, 3.8) is 0 Å². The molecule has 0 aromatic rings. The first kappa shape index (κ1) is 15.9. The third-order valence-electron chi connectivity index (χ3n) is 3.82. The SMILES string of the molecule is CCCC1CCC(NCC(OCC)OCC)CC1. The third-order valence-corrected chi connectivity index (χ3v) is 3.82. The van der Waals surface area contributed by atoms with Crippen molar-refractivity contribution in [2.24, 2.45) is 5.92 Å². The first-order valence-electron chi connectivity index (χ1n) is 7.76. The quantitative estimate of drug-likeness (QED) is 0.643. The van der Waals surface area contributed by atoms with Gasteiger partial charge in [0.1, 0.15) is 0 Å². The minimum atomic E-state index is -0.0756. The van der Waals surface area contributed by atoms with Crippen molar-refractivity contribution in [2.75, 3.05) is 19.8 Å². The van der Waals surface area contributed by atoms with Crippen LogP contribution in [0.25, 0.3) is 0 Å². The van der Waals surface area contributed by atoms with E-state index in [9.17, 15) is 0 Å². The molecule has 0 aromatic heterocycles. The highest BCUT2D eigenvalue weighted by Gasteiger charge is 2.21. The summed E-state index contributed by atoms with van der Waals surface area (Å²) in [4.78, 5) is 0. The molecule has 3 nitrogen and oxygen atoms in total. The predicted molar refractivity (Wildman–Crippen MR) is 75.7 cm³/mol. The summed E-state index contributed by atoms with van der Waals surface area (Å²) in [6, 6.07) is 0.668. The summed E-state index contributed by atoms with van der Waals surface area (Å²) in [5, 5.41) is 3.60. The van der Waals surface area contributed by atoms with Crippen LogP contribution in [0, 0.1) is 5.92 Å². The Morgan fingerprint density at radius 1 is 1.00 bits per heavy atom. The normalized spacial score (nSPS) is 24.7. The molecule has 1 saturated carbocycles. The van der Waals surface area contributed by atoms with E-state index in [0.29, 0.717) is 6.04 Å². The van der Waals surface area contributed by atoms with Crippen LogP contribution in [0.15, 0.2) is 0 Å². The van der Waals surface area contributed by atoms with E-state index in [1.54, 1.807) is 0 Å². The molecule has 1 rings (SSSR count). The van der Waals surface area contributed by atoms with Gasteiger partial charge in [-0.1, -0.05) is 19.8 Å². The molecule has 1 fully saturated rings. The van der Waals surface area contributed by atoms with Crippen LogP contribution in [0.4, 0.5) is 0 Å². The van der Waals surface area contributed by atoms with Crippen LogP contribution in [0.2, 0.25) is 0 Å². The van der Waals surface area contributed by atoms with Crippen molar-refractivity contribution in [3.8, 4) is 0 Å². The van der Waals surface area contributed by atoms with Gasteiger partial charge in [-0.3, -0.25) is 0 Å². The molecule has 0 amide bonds. The Hall–Kier alpha value is -0.120. The maximum Gasteiger partial charge on any atom is 0.169 e. The van der Waals surface area contributed by atoms with Crippen LogP contribution < -0.4 is 5.32 Å². The lowest BCUT2D eigenvalue weighted by Gasteiger charge is -2.30. The van der Waals surface area contributed by atoms with Gasteiger partial charge in [0.25, 0.3) is 0 Å². The highest BCUT2D eigenvalue weighted by Crippen LogP contribution is 2.27. The first-order chi connectivity index (χ1) is 8.80. The Kier molecular flexibility index (Phi) is 8.64. The number of ether oxygens (including phenoxy) is 2. The van der Waals surface area contributed by atoms with E-state index in [-0.39, 0.29) is 6.29 Å². The minimum absolute atomic E-state index is 0.0756. The average Bonchev–Trinajstić information content (AvgIpc) is 2.38. The molecule has 3 heteroatoms. The van der Waals surface area contributed by atoms with E-state index >= 15 is 0 Å². The van der Waals surface area contributed by atoms with E-state index in [0.717, 1.165) is 25.7 Å². The van der Waals surface area contributed by atoms with E-state index < -0.39 is 0 Å². The molecule has 108 valence electrons. The summed E-state index contributed by atoms with van der Waals surface area (Å²) in [6.07, 6.45) is 8.07. The van der Waals surface area contributed by atoms with Crippen LogP contribution in [0.1, 0.15) is 59.3 Å². The fourth-order valence-electron chi connectivity index (χ4n) is 2.86. The largest absolute Gasteiger partial charge is 0.352 e. The van der Waals surface area contributed by atoms with Crippen LogP contribution >= 0.6 is 0 Å². The summed E-state index contributed by atoms with van der Waals surface area (Å²) in [7, 11) is 0. The molecule has 1 aliphatic carbocycles. The van der Waals surface area contributed by atoms with Gasteiger partial charge in [0.15, 0.2) is 6.29 Å². The van der Waals surface area contributed by atoms with Crippen LogP contribution in [-0.2, 0) is 9.47 Å². The molecule has 0 aliphatic heterocycles. The van der Waals surface area contributed by atoms with Crippen LogP contribution in [-0.4, -0.2) is 32.1 Å². The highest BCUT2D eigenvalue weighted by molar-refractivity contribution is 4.77. The fourth-order valence-corrected chi connectivity index (χ4v) is 2.86. The molecule has 0 saturated heterocycles. The van der Waals surface area contributed by atoms with Crippen LogP contribution in [0.5, 0.6) is 0 Å². The standard InChI is InChI=1S/C15H31NO2/c1-4-7-13-8-10-14(11-9-13)16-12-15(17-5-2)18-6-3/h13-16H,4-12H2,1-3H3. The zero-order valence-corrected chi connectivity index (χ0v) is 12.4. The van der Waals surface area contributed by atoms with Gasteiger partial charge in [-0.25, -0.2) is 0 Å². The van der Waals surface area contributed by atoms with Gasteiger partial charge in [-0.2, -0.15) is 0 Å². The second kappa shape index (κ2) is 9.76. The third kappa shape index (κ3) is 6.17. The summed E-state index contributed by atoms with van der Waals surface area (Å²) < 4.78 is 11.1. The van der Waals surface area contributed by atoms with Gasteiger partial charge in [0.2, 0.25) is 0 Å². The first-order valence-corrected chi connectivity index (χ1v) is 7.76. The van der Waals surface area contributed by atoms with Crippen molar-refractivity contribution in [2.45, 2.75) is 71.6 Å². The molecular weight excluding hydrogens is 226 g/mol. The van der Waals surface area contributed by atoms with Gasteiger partial charge < -0.3 is 14.8 Å². The summed E-state index contributed by atoms with van der Waals surface area (Å²) >= 11 is 0. The maximum atomic E-state index is 5.55. The molecular formula is C15H31NO2.